The van der Waals surface area contributed by atoms with Gasteiger partial charge in [0.2, 0.25) is 5.91 Å². The van der Waals surface area contributed by atoms with E-state index in [1.807, 2.05) is 30.1 Å². The van der Waals surface area contributed by atoms with Crippen molar-refractivity contribution in [1.82, 2.24) is 10.2 Å². The molecule has 100 valence electrons. The summed E-state index contributed by atoms with van der Waals surface area (Å²) in [6.07, 6.45) is 2.13. The maximum atomic E-state index is 12.2. The molecule has 0 aromatic heterocycles. The van der Waals surface area contributed by atoms with E-state index in [0.29, 0.717) is 6.54 Å². The van der Waals surface area contributed by atoms with E-state index in [0.717, 1.165) is 25.9 Å². The van der Waals surface area contributed by atoms with Gasteiger partial charge >= 0.3 is 0 Å². The first kappa shape index (κ1) is 15.0. The van der Waals surface area contributed by atoms with Crippen LogP contribution in [0.4, 0.5) is 0 Å². The Hall–Kier alpha value is -1.06. The van der Waals surface area contributed by atoms with Crippen molar-refractivity contribution in [2.75, 3.05) is 20.1 Å². The van der Waals surface area contributed by atoms with Crippen molar-refractivity contribution < 1.29 is 4.79 Å². The van der Waals surface area contributed by atoms with Crippen LogP contribution in [0, 0.1) is 5.92 Å². The lowest BCUT2D eigenvalue weighted by atomic mass is 9.98. The fourth-order valence-corrected chi connectivity index (χ4v) is 2.31. The summed E-state index contributed by atoms with van der Waals surface area (Å²) in [4.78, 5) is 14.0. The molecule has 1 aliphatic rings. The highest BCUT2D eigenvalue weighted by molar-refractivity contribution is 5.85. The zero-order valence-electron chi connectivity index (χ0n) is 10.8. The molecule has 1 unspecified atom stereocenters. The predicted molar refractivity (Wildman–Crippen MR) is 75.8 cm³/mol. The molecule has 4 heteroatoms. The molecule has 1 heterocycles. The Morgan fingerprint density at radius 2 is 2.11 bits per heavy atom. The quantitative estimate of drug-likeness (QED) is 0.910. The Kier molecular flexibility index (Phi) is 6.16. The minimum atomic E-state index is 0. The molecular formula is C14H21ClN2O. The maximum Gasteiger partial charge on any atom is 0.227 e. The van der Waals surface area contributed by atoms with Crippen molar-refractivity contribution in [3.8, 4) is 0 Å². The number of nitrogens with one attached hydrogen (secondary N) is 1. The average Bonchev–Trinajstić information content (AvgIpc) is 2.40. The number of carbonyl (C=O) groups excluding carboxylic acids is 1. The molecule has 1 saturated heterocycles. The zero-order chi connectivity index (χ0) is 12.1. The number of carbonyl (C=O) groups is 1. The van der Waals surface area contributed by atoms with Crippen molar-refractivity contribution in [2.24, 2.45) is 5.92 Å². The van der Waals surface area contributed by atoms with Crippen LogP contribution in [0.25, 0.3) is 0 Å². The summed E-state index contributed by atoms with van der Waals surface area (Å²) < 4.78 is 0. The highest BCUT2D eigenvalue weighted by Crippen LogP contribution is 2.14. The number of rotatable bonds is 3. The average molecular weight is 269 g/mol. The summed E-state index contributed by atoms with van der Waals surface area (Å²) in [6, 6.07) is 10.1. The third-order valence-corrected chi connectivity index (χ3v) is 3.28. The van der Waals surface area contributed by atoms with Crippen LogP contribution in [0.3, 0.4) is 0 Å². The number of nitrogens with zero attached hydrogens (tertiary/aromatic N) is 1. The predicted octanol–water partition coefficient (Wildman–Crippen LogP) is 2.07. The highest BCUT2D eigenvalue weighted by Gasteiger charge is 2.23. The number of hydrogen-bond acceptors (Lipinski definition) is 2. The topological polar surface area (TPSA) is 32.3 Å². The van der Waals surface area contributed by atoms with Crippen LogP contribution in [-0.4, -0.2) is 30.9 Å². The van der Waals surface area contributed by atoms with Crippen LogP contribution in [-0.2, 0) is 11.3 Å². The van der Waals surface area contributed by atoms with Gasteiger partial charge in [0.25, 0.3) is 0 Å². The van der Waals surface area contributed by atoms with Crippen LogP contribution in [0.15, 0.2) is 30.3 Å². The summed E-state index contributed by atoms with van der Waals surface area (Å²) in [7, 11) is 1.89. The maximum absolute atomic E-state index is 12.2. The zero-order valence-corrected chi connectivity index (χ0v) is 11.6. The summed E-state index contributed by atoms with van der Waals surface area (Å²) in [5, 5.41) is 3.29. The normalized spacial score (nSPS) is 18.8. The Bertz CT molecular complexity index is 363. The molecule has 1 aromatic rings. The van der Waals surface area contributed by atoms with E-state index in [-0.39, 0.29) is 24.2 Å². The smallest absolute Gasteiger partial charge is 0.227 e. The fraction of sp³-hybridized carbons (Fsp3) is 0.500. The van der Waals surface area contributed by atoms with Crippen molar-refractivity contribution in [1.29, 1.82) is 0 Å². The van der Waals surface area contributed by atoms with Crippen molar-refractivity contribution in [3.05, 3.63) is 35.9 Å². The summed E-state index contributed by atoms with van der Waals surface area (Å²) in [5.74, 6) is 0.429. The van der Waals surface area contributed by atoms with Crippen molar-refractivity contribution in [2.45, 2.75) is 19.4 Å². The molecule has 1 N–H and O–H groups in total. The lowest BCUT2D eigenvalue weighted by molar-refractivity contribution is -0.135. The first-order valence-electron chi connectivity index (χ1n) is 6.27. The van der Waals surface area contributed by atoms with Crippen LogP contribution < -0.4 is 5.32 Å². The van der Waals surface area contributed by atoms with Gasteiger partial charge in [-0.1, -0.05) is 30.3 Å². The number of halogens is 1. The summed E-state index contributed by atoms with van der Waals surface area (Å²) in [6.45, 7) is 2.58. The molecule has 2 rings (SSSR count). The monoisotopic (exact) mass is 268 g/mol. The van der Waals surface area contributed by atoms with E-state index in [9.17, 15) is 4.79 Å². The Balaban J connectivity index is 0.00000162. The van der Waals surface area contributed by atoms with Crippen LogP contribution in [0.5, 0.6) is 0 Å². The van der Waals surface area contributed by atoms with Gasteiger partial charge in [-0.25, -0.2) is 0 Å². The second-order valence-electron chi connectivity index (χ2n) is 4.72. The first-order chi connectivity index (χ1) is 8.27. The summed E-state index contributed by atoms with van der Waals surface area (Å²) >= 11 is 0. The Labute approximate surface area is 115 Å². The lowest BCUT2D eigenvalue weighted by Crippen LogP contribution is -2.41. The molecule has 1 atom stereocenters. The van der Waals surface area contributed by atoms with Gasteiger partial charge in [0, 0.05) is 20.1 Å². The van der Waals surface area contributed by atoms with E-state index in [2.05, 4.69) is 17.4 Å². The molecule has 1 amide bonds. The Morgan fingerprint density at radius 1 is 1.39 bits per heavy atom. The van der Waals surface area contributed by atoms with Gasteiger partial charge in [0.1, 0.15) is 0 Å². The second kappa shape index (κ2) is 7.39. The van der Waals surface area contributed by atoms with Gasteiger partial charge in [-0.3, -0.25) is 4.79 Å². The van der Waals surface area contributed by atoms with Crippen molar-refractivity contribution >= 4 is 18.3 Å². The lowest BCUT2D eigenvalue weighted by Gasteiger charge is -2.27. The molecule has 1 aliphatic heterocycles. The SMILES string of the molecule is CN(Cc1ccccc1)C(=O)C1CCCNC1.Cl. The van der Waals surface area contributed by atoms with Gasteiger partial charge < -0.3 is 10.2 Å². The molecule has 0 aliphatic carbocycles. The van der Waals surface area contributed by atoms with Gasteiger partial charge in [0.05, 0.1) is 5.92 Å². The molecule has 18 heavy (non-hydrogen) atoms. The van der Waals surface area contributed by atoms with Gasteiger partial charge in [-0.05, 0) is 24.9 Å². The minimum absolute atomic E-state index is 0. The molecule has 3 nitrogen and oxygen atoms in total. The molecule has 0 bridgehead atoms. The molecule has 0 radical (unpaired) electrons. The van der Waals surface area contributed by atoms with E-state index in [1.165, 1.54) is 5.56 Å². The van der Waals surface area contributed by atoms with E-state index in [4.69, 9.17) is 0 Å². The molecule has 1 fully saturated rings. The Morgan fingerprint density at radius 3 is 2.72 bits per heavy atom. The van der Waals surface area contributed by atoms with Crippen molar-refractivity contribution in [3.63, 3.8) is 0 Å². The van der Waals surface area contributed by atoms with Gasteiger partial charge in [-0.15, -0.1) is 12.4 Å². The van der Waals surface area contributed by atoms with E-state index >= 15 is 0 Å². The molecule has 0 spiro atoms. The first-order valence-corrected chi connectivity index (χ1v) is 6.27. The largest absolute Gasteiger partial charge is 0.341 e. The number of piperidine rings is 1. The molecule has 1 aromatic carbocycles. The minimum Gasteiger partial charge on any atom is -0.341 e. The molecule has 0 saturated carbocycles. The van der Waals surface area contributed by atoms with Gasteiger partial charge in [0.15, 0.2) is 0 Å². The summed E-state index contributed by atoms with van der Waals surface area (Å²) in [5.41, 5.74) is 1.19. The standard InChI is InChI=1S/C14H20N2O.ClH/c1-16(11-12-6-3-2-4-7-12)14(17)13-8-5-9-15-10-13;/h2-4,6-7,13,15H,5,8-11H2,1H3;1H. The third kappa shape index (κ3) is 4.00. The van der Waals surface area contributed by atoms with Crippen LogP contribution >= 0.6 is 12.4 Å². The fourth-order valence-electron chi connectivity index (χ4n) is 2.31. The number of amides is 1. The number of benzene rings is 1. The second-order valence-corrected chi connectivity index (χ2v) is 4.72. The highest BCUT2D eigenvalue weighted by atomic mass is 35.5. The number of hydrogen-bond donors (Lipinski definition) is 1. The third-order valence-electron chi connectivity index (χ3n) is 3.28. The molecular weight excluding hydrogens is 248 g/mol. The van der Waals surface area contributed by atoms with Crippen LogP contribution in [0.2, 0.25) is 0 Å². The van der Waals surface area contributed by atoms with Crippen LogP contribution in [0.1, 0.15) is 18.4 Å². The van der Waals surface area contributed by atoms with E-state index < -0.39 is 0 Å². The van der Waals surface area contributed by atoms with E-state index in [1.54, 1.807) is 0 Å². The van der Waals surface area contributed by atoms with Gasteiger partial charge in [-0.2, -0.15) is 0 Å².